The summed E-state index contributed by atoms with van der Waals surface area (Å²) >= 11 is 1.64. The van der Waals surface area contributed by atoms with Gasteiger partial charge in [0, 0.05) is 17.0 Å². The van der Waals surface area contributed by atoms with Crippen molar-refractivity contribution in [3.63, 3.8) is 0 Å². The predicted octanol–water partition coefficient (Wildman–Crippen LogP) is 3.58. The maximum absolute atomic E-state index is 13.4. The summed E-state index contributed by atoms with van der Waals surface area (Å²) in [5, 5.41) is 2.93. The zero-order valence-electron chi connectivity index (χ0n) is 13.5. The first kappa shape index (κ1) is 17.5. The highest BCUT2D eigenvalue weighted by Gasteiger charge is 2.16. The standard InChI is InChI=1S/C18H21FN2OS/c1-21(2)17(14-5-4-6-15(19)11-14)12-20-18(22)13-7-9-16(23-3)10-8-13/h4-11,17H,12H2,1-3H3,(H,20,22). The van der Waals surface area contributed by atoms with E-state index in [0.717, 1.165) is 10.5 Å². The molecule has 2 rings (SSSR count). The SMILES string of the molecule is CSc1ccc(C(=O)NCC(c2cccc(F)c2)N(C)C)cc1. The second-order valence-electron chi connectivity index (χ2n) is 5.47. The molecule has 0 fully saturated rings. The molecular formula is C18H21FN2OS. The molecule has 1 unspecified atom stereocenters. The van der Waals surface area contributed by atoms with E-state index in [1.165, 1.54) is 12.1 Å². The van der Waals surface area contributed by atoms with Crippen LogP contribution in [-0.4, -0.2) is 37.7 Å². The fourth-order valence-electron chi connectivity index (χ4n) is 2.35. The molecular weight excluding hydrogens is 311 g/mol. The van der Waals surface area contributed by atoms with Crippen molar-refractivity contribution in [1.82, 2.24) is 10.2 Å². The number of carbonyl (C=O) groups excluding carboxylic acids is 1. The Bertz CT molecular complexity index is 658. The summed E-state index contributed by atoms with van der Waals surface area (Å²) < 4.78 is 13.4. The average Bonchev–Trinajstić information content (AvgIpc) is 2.54. The smallest absolute Gasteiger partial charge is 0.251 e. The highest BCUT2D eigenvalue weighted by Crippen LogP contribution is 2.19. The number of amides is 1. The summed E-state index contributed by atoms with van der Waals surface area (Å²) in [6.45, 7) is 0.416. The van der Waals surface area contributed by atoms with Gasteiger partial charge in [0.1, 0.15) is 5.82 Å². The van der Waals surface area contributed by atoms with E-state index in [1.54, 1.807) is 17.8 Å². The van der Waals surface area contributed by atoms with Crippen LogP contribution in [0.3, 0.4) is 0 Å². The molecule has 2 aromatic rings. The molecule has 1 atom stereocenters. The van der Waals surface area contributed by atoms with Gasteiger partial charge in [-0.3, -0.25) is 4.79 Å². The number of hydrogen-bond acceptors (Lipinski definition) is 3. The quantitative estimate of drug-likeness (QED) is 0.821. The molecule has 0 heterocycles. The van der Waals surface area contributed by atoms with Crippen molar-refractivity contribution in [1.29, 1.82) is 0 Å². The van der Waals surface area contributed by atoms with Gasteiger partial charge in [-0.15, -0.1) is 11.8 Å². The number of hydrogen-bond donors (Lipinski definition) is 1. The molecule has 0 aromatic heterocycles. The van der Waals surface area contributed by atoms with Crippen LogP contribution in [0.5, 0.6) is 0 Å². The van der Waals surface area contributed by atoms with Crippen LogP contribution in [0.4, 0.5) is 4.39 Å². The number of thioether (sulfide) groups is 1. The Kier molecular flexibility index (Phi) is 6.19. The van der Waals surface area contributed by atoms with Gasteiger partial charge in [-0.1, -0.05) is 12.1 Å². The van der Waals surface area contributed by atoms with Crippen LogP contribution in [0.1, 0.15) is 22.0 Å². The van der Waals surface area contributed by atoms with Crippen LogP contribution >= 0.6 is 11.8 Å². The van der Waals surface area contributed by atoms with Gasteiger partial charge >= 0.3 is 0 Å². The molecule has 0 radical (unpaired) electrons. The van der Waals surface area contributed by atoms with E-state index in [2.05, 4.69) is 5.32 Å². The van der Waals surface area contributed by atoms with Gasteiger partial charge in [0.05, 0.1) is 6.04 Å². The van der Waals surface area contributed by atoms with Gasteiger partial charge in [0.2, 0.25) is 0 Å². The highest BCUT2D eigenvalue weighted by atomic mass is 32.2. The minimum atomic E-state index is -0.270. The third-order valence-electron chi connectivity index (χ3n) is 3.66. The molecule has 2 aromatic carbocycles. The lowest BCUT2D eigenvalue weighted by atomic mass is 10.1. The molecule has 0 bridgehead atoms. The van der Waals surface area contributed by atoms with Crippen molar-refractivity contribution >= 4 is 17.7 Å². The molecule has 0 spiro atoms. The summed E-state index contributed by atoms with van der Waals surface area (Å²) in [7, 11) is 3.82. The lowest BCUT2D eigenvalue weighted by Crippen LogP contribution is -2.34. The largest absolute Gasteiger partial charge is 0.350 e. The van der Waals surface area contributed by atoms with E-state index in [1.807, 2.05) is 55.6 Å². The molecule has 3 nitrogen and oxygen atoms in total. The van der Waals surface area contributed by atoms with Crippen molar-refractivity contribution in [3.8, 4) is 0 Å². The number of halogens is 1. The Balaban J connectivity index is 2.04. The van der Waals surface area contributed by atoms with Crippen molar-refractivity contribution in [2.45, 2.75) is 10.9 Å². The van der Waals surface area contributed by atoms with Gasteiger partial charge in [0.25, 0.3) is 5.91 Å². The van der Waals surface area contributed by atoms with Crippen molar-refractivity contribution in [3.05, 3.63) is 65.5 Å². The van der Waals surface area contributed by atoms with Gasteiger partial charge < -0.3 is 10.2 Å². The van der Waals surface area contributed by atoms with Crippen LogP contribution in [0.15, 0.2) is 53.4 Å². The number of nitrogens with zero attached hydrogens (tertiary/aromatic N) is 1. The van der Waals surface area contributed by atoms with Crippen LogP contribution < -0.4 is 5.32 Å². The van der Waals surface area contributed by atoms with Crippen LogP contribution in [0, 0.1) is 5.82 Å². The molecule has 0 saturated heterocycles. The molecule has 0 saturated carbocycles. The molecule has 23 heavy (non-hydrogen) atoms. The Morgan fingerprint density at radius 2 is 1.91 bits per heavy atom. The maximum Gasteiger partial charge on any atom is 0.251 e. The highest BCUT2D eigenvalue weighted by molar-refractivity contribution is 7.98. The minimum Gasteiger partial charge on any atom is -0.350 e. The minimum absolute atomic E-state index is 0.0832. The lowest BCUT2D eigenvalue weighted by Gasteiger charge is -2.25. The molecule has 0 aliphatic heterocycles. The zero-order chi connectivity index (χ0) is 16.8. The topological polar surface area (TPSA) is 32.3 Å². The third-order valence-corrected chi connectivity index (χ3v) is 4.41. The molecule has 1 amide bonds. The normalized spacial score (nSPS) is 12.2. The number of nitrogens with one attached hydrogen (secondary N) is 1. The maximum atomic E-state index is 13.4. The van der Waals surface area contributed by atoms with Crippen molar-refractivity contribution < 1.29 is 9.18 Å². The summed E-state index contributed by atoms with van der Waals surface area (Å²) in [6.07, 6.45) is 2.00. The third kappa shape index (κ3) is 4.81. The fraction of sp³-hybridized carbons (Fsp3) is 0.278. The molecule has 122 valence electrons. The van der Waals surface area contributed by atoms with Crippen molar-refractivity contribution in [2.75, 3.05) is 26.9 Å². The Morgan fingerprint density at radius 1 is 1.22 bits per heavy atom. The van der Waals surface area contributed by atoms with E-state index in [0.29, 0.717) is 12.1 Å². The van der Waals surface area contributed by atoms with E-state index >= 15 is 0 Å². The first-order chi connectivity index (χ1) is 11.0. The average molecular weight is 332 g/mol. The lowest BCUT2D eigenvalue weighted by molar-refractivity contribution is 0.0942. The zero-order valence-corrected chi connectivity index (χ0v) is 14.4. The fourth-order valence-corrected chi connectivity index (χ4v) is 2.75. The molecule has 1 N–H and O–H groups in total. The predicted molar refractivity (Wildman–Crippen MR) is 93.4 cm³/mol. The summed E-state index contributed by atoms with van der Waals surface area (Å²) in [5.74, 6) is -0.394. The molecule has 0 aliphatic carbocycles. The van der Waals surface area contributed by atoms with E-state index in [4.69, 9.17) is 0 Å². The van der Waals surface area contributed by atoms with E-state index in [-0.39, 0.29) is 17.8 Å². The second kappa shape index (κ2) is 8.13. The van der Waals surface area contributed by atoms with Gasteiger partial charge in [-0.25, -0.2) is 4.39 Å². The van der Waals surface area contributed by atoms with E-state index < -0.39 is 0 Å². The number of carbonyl (C=O) groups is 1. The van der Waals surface area contributed by atoms with Gasteiger partial charge in [0.15, 0.2) is 0 Å². The number of rotatable bonds is 6. The number of benzene rings is 2. The summed E-state index contributed by atoms with van der Waals surface area (Å²) in [4.78, 5) is 15.3. The molecule has 5 heteroatoms. The monoisotopic (exact) mass is 332 g/mol. The Hall–Kier alpha value is -1.85. The Morgan fingerprint density at radius 3 is 2.48 bits per heavy atom. The molecule has 0 aliphatic rings. The Labute approximate surface area is 140 Å². The van der Waals surface area contributed by atoms with E-state index in [9.17, 15) is 9.18 Å². The first-order valence-electron chi connectivity index (χ1n) is 7.35. The first-order valence-corrected chi connectivity index (χ1v) is 8.58. The second-order valence-corrected chi connectivity index (χ2v) is 6.35. The van der Waals surface area contributed by atoms with Gasteiger partial charge in [-0.05, 0) is 62.3 Å². The van der Waals surface area contributed by atoms with Crippen LogP contribution in [0.25, 0.3) is 0 Å². The van der Waals surface area contributed by atoms with Gasteiger partial charge in [-0.2, -0.15) is 0 Å². The summed E-state index contributed by atoms with van der Waals surface area (Å²) in [6, 6.07) is 13.9. The van der Waals surface area contributed by atoms with Crippen LogP contribution in [-0.2, 0) is 0 Å². The van der Waals surface area contributed by atoms with Crippen LogP contribution in [0.2, 0.25) is 0 Å². The number of likely N-dealkylation sites (N-methyl/N-ethyl adjacent to an activating group) is 1. The summed E-state index contributed by atoms with van der Waals surface area (Å²) in [5.41, 5.74) is 1.47. The van der Waals surface area contributed by atoms with Crippen molar-refractivity contribution in [2.24, 2.45) is 0 Å².